The summed E-state index contributed by atoms with van der Waals surface area (Å²) in [5.74, 6) is 0.542. The van der Waals surface area contributed by atoms with E-state index in [1.54, 1.807) is 36.8 Å². The summed E-state index contributed by atoms with van der Waals surface area (Å²) in [6.45, 7) is 0. The summed E-state index contributed by atoms with van der Waals surface area (Å²) >= 11 is 15.5. The molecule has 0 aliphatic heterocycles. The van der Waals surface area contributed by atoms with Gasteiger partial charge in [-0.2, -0.15) is 0 Å². The molecule has 0 amide bonds. The first kappa shape index (κ1) is 18.3. The van der Waals surface area contributed by atoms with Gasteiger partial charge in [-0.05, 0) is 24.3 Å². The second kappa shape index (κ2) is 7.48. The minimum atomic E-state index is 0.453. The third-order valence-corrected chi connectivity index (χ3v) is 6.62. The van der Waals surface area contributed by atoms with Crippen LogP contribution >= 0.6 is 45.9 Å². The Labute approximate surface area is 173 Å². The van der Waals surface area contributed by atoms with Crippen molar-refractivity contribution in [3.8, 4) is 16.2 Å². The van der Waals surface area contributed by atoms with Crippen molar-refractivity contribution in [3.63, 3.8) is 0 Å². The molecular formula is C19H12Cl2N2O2S2. The van der Waals surface area contributed by atoms with E-state index in [-0.39, 0.29) is 0 Å². The van der Waals surface area contributed by atoms with E-state index < -0.39 is 0 Å². The number of methoxy groups -OCH3 is 1. The van der Waals surface area contributed by atoms with Crippen molar-refractivity contribution in [1.82, 2.24) is 4.98 Å². The predicted molar refractivity (Wildman–Crippen MR) is 115 cm³/mol. The molecule has 3 heterocycles. The van der Waals surface area contributed by atoms with Gasteiger partial charge in [0, 0.05) is 28.1 Å². The summed E-state index contributed by atoms with van der Waals surface area (Å²) in [6, 6.07) is 9.21. The van der Waals surface area contributed by atoms with Crippen LogP contribution in [0, 0.1) is 0 Å². The molecule has 8 heteroatoms. The number of fused-ring (bicyclic) bond motifs is 1. The lowest BCUT2D eigenvalue weighted by molar-refractivity contribution is 0.112. The first-order valence-corrected chi connectivity index (χ1v) is 10.3. The molecule has 4 aromatic rings. The van der Waals surface area contributed by atoms with Gasteiger partial charge in [-0.1, -0.05) is 23.2 Å². The van der Waals surface area contributed by atoms with Crippen LogP contribution in [0.4, 0.5) is 11.4 Å². The van der Waals surface area contributed by atoms with Crippen LogP contribution < -0.4 is 10.1 Å². The summed E-state index contributed by atoms with van der Waals surface area (Å²) in [5, 5.41) is 6.27. The van der Waals surface area contributed by atoms with Gasteiger partial charge in [0.05, 0.1) is 43.6 Å². The molecule has 27 heavy (non-hydrogen) atoms. The van der Waals surface area contributed by atoms with E-state index in [0.717, 1.165) is 32.6 Å². The molecule has 0 bridgehead atoms. The molecule has 0 aliphatic rings. The van der Waals surface area contributed by atoms with E-state index in [0.29, 0.717) is 26.4 Å². The van der Waals surface area contributed by atoms with Gasteiger partial charge in [0.15, 0.2) is 6.29 Å². The highest BCUT2D eigenvalue weighted by Crippen LogP contribution is 2.41. The number of hydrogen-bond acceptors (Lipinski definition) is 6. The number of nitrogens with zero attached hydrogens (tertiary/aromatic N) is 1. The van der Waals surface area contributed by atoms with E-state index in [1.807, 2.05) is 23.6 Å². The Balaban J connectivity index is 1.75. The molecule has 4 rings (SSSR count). The summed E-state index contributed by atoms with van der Waals surface area (Å²) in [4.78, 5) is 17.2. The van der Waals surface area contributed by atoms with Gasteiger partial charge in [-0.15, -0.1) is 22.7 Å². The smallest absolute Gasteiger partial charge is 0.160 e. The number of anilines is 2. The highest BCUT2D eigenvalue weighted by Gasteiger charge is 2.13. The average molecular weight is 435 g/mol. The Hall–Kier alpha value is -2.12. The molecule has 0 saturated carbocycles. The molecule has 4 nitrogen and oxygen atoms in total. The highest BCUT2D eigenvalue weighted by molar-refractivity contribution is 7.23. The average Bonchev–Trinajstić information content (AvgIpc) is 3.30. The number of carbonyl (C=O) groups excluding carboxylic acids is 1. The number of ether oxygens (including phenoxy) is 1. The van der Waals surface area contributed by atoms with E-state index in [1.165, 1.54) is 11.3 Å². The molecule has 0 spiro atoms. The van der Waals surface area contributed by atoms with Crippen LogP contribution in [0.5, 0.6) is 5.75 Å². The predicted octanol–water partition coefficient (Wildman–Crippen LogP) is 6.90. The van der Waals surface area contributed by atoms with Gasteiger partial charge in [0.1, 0.15) is 5.75 Å². The minimum Gasteiger partial charge on any atom is -0.495 e. The second-order valence-electron chi connectivity index (χ2n) is 5.63. The van der Waals surface area contributed by atoms with Gasteiger partial charge in [-0.3, -0.25) is 9.78 Å². The largest absolute Gasteiger partial charge is 0.495 e. The molecule has 0 aliphatic carbocycles. The second-order valence-corrected chi connectivity index (χ2v) is 8.44. The van der Waals surface area contributed by atoms with Gasteiger partial charge < -0.3 is 10.1 Å². The first-order valence-electron chi connectivity index (χ1n) is 7.81. The number of halogens is 2. The van der Waals surface area contributed by atoms with Crippen LogP contribution in [-0.2, 0) is 0 Å². The molecule has 136 valence electrons. The molecule has 0 unspecified atom stereocenters. The number of rotatable bonds is 5. The van der Waals surface area contributed by atoms with Crippen molar-refractivity contribution in [3.05, 3.63) is 56.8 Å². The Bertz CT molecular complexity index is 1150. The molecule has 1 aromatic carbocycles. The normalized spacial score (nSPS) is 10.9. The lowest BCUT2D eigenvalue weighted by Gasteiger charge is -2.12. The molecule has 0 saturated heterocycles. The summed E-state index contributed by atoms with van der Waals surface area (Å²) in [5.41, 5.74) is 3.46. The SMILES string of the molecule is COc1cc(Nc2ccnc3cc(-c4csc(C=O)c4)sc23)c(Cl)cc1Cl. The van der Waals surface area contributed by atoms with E-state index in [4.69, 9.17) is 27.9 Å². The van der Waals surface area contributed by atoms with Crippen molar-refractivity contribution in [2.45, 2.75) is 0 Å². The molecule has 0 fully saturated rings. The zero-order chi connectivity index (χ0) is 19.0. The van der Waals surface area contributed by atoms with Crippen molar-refractivity contribution in [1.29, 1.82) is 0 Å². The third-order valence-electron chi connectivity index (χ3n) is 3.94. The maximum absolute atomic E-state index is 10.9. The Morgan fingerprint density at radius 2 is 2.00 bits per heavy atom. The lowest BCUT2D eigenvalue weighted by atomic mass is 10.2. The summed E-state index contributed by atoms with van der Waals surface area (Å²) < 4.78 is 6.27. The maximum atomic E-state index is 10.9. The maximum Gasteiger partial charge on any atom is 0.160 e. The van der Waals surface area contributed by atoms with Crippen LogP contribution in [0.25, 0.3) is 20.7 Å². The third kappa shape index (κ3) is 3.53. The van der Waals surface area contributed by atoms with Crippen molar-refractivity contribution in [2.24, 2.45) is 0 Å². The summed E-state index contributed by atoms with van der Waals surface area (Å²) in [6.07, 6.45) is 2.61. The van der Waals surface area contributed by atoms with Crippen LogP contribution in [0.2, 0.25) is 10.0 Å². The van der Waals surface area contributed by atoms with Crippen molar-refractivity contribution < 1.29 is 9.53 Å². The van der Waals surface area contributed by atoms with E-state index >= 15 is 0 Å². The molecule has 3 aromatic heterocycles. The number of aldehydes is 1. The van der Waals surface area contributed by atoms with Gasteiger partial charge in [0.2, 0.25) is 0 Å². The van der Waals surface area contributed by atoms with Gasteiger partial charge in [0.25, 0.3) is 0 Å². The number of aromatic nitrogens is 1. The Morgan fingerprint density at radius 3 is 2.74 bits per heavy atom. The van der Waals surface area contributed by atoms with Gasteiger partial charge in [-0.25, -0.2) is 0 Å². The zero-order valence-electron chi connectivity index (χ0n) is 14.0. The first-order chi connectivity index (χ1) is 13.1. The minimum absolute atomic E-state index is 0.453. The molecule has 1 N–H and O–H groups in total. The fraction of sp³-hybridized carbons (Fsp3) is 0.0526. The fourth-order valence-corrected chi connectivity index (χ4v) is 5.01. The van der Waals surface area contributed by atoms with Crippen molar-refractivity contribution in [2.75, 3.05) is 12.4 Å². The van der Waals surface area contributed by atoms with Crippen LogP contribution in [0.15, 0.2) is 41.9 Å². The number of hydrogen-bond donors (Lipinski definition) is 1. The number of nitrogens with one attached hydrogen (secondary N) is 1. The number of benzene rings is 1. The Kier molecular flexibility index (Phi) is 5.06. The topological polar surface area (TPSA) is 51.2 Å². The summed E-state index contributed by atoms with van der Waals surface area (Å²) in [7, 11) is 1.56. The number of carbonyl (C=O) groups is 1. The molecule has 0 atom stereocenters. The van der Waals surface area contributed by atoms with E-state index in [9.17, 15) is 4.79 Å². The van der Waals surface area contributed by atoms with Crippen LogP contribution in [-0.4, -0.2) is 18.4 Å². The highest BCUT2D eigenvalue weighted by atomic mass is 35.5. The van der Waals surface area contributed by atoms with E-state index in [2.05, 4.69) is 10.3 Å². The Morgan fingerprint density at radius 1 is 1.15 bits per heavy atom. The number of thiophene rings is 2. The quantitative estimate of drug-likeness (QED) is 0.347. The molecule has 0 radical (unpaired) electrons. The van der Waals surface area contributed by atoms with Crippen molar-refractivity contribution >= 4 is 73.8 Å². The standard InChI is InChI=1S/C19H12Cl2N2O2S2/c1-25-17-6-15(12(20)5-13(17)21)23-14-2-3-22-16-7-18(27-19(14)16)10-4-11(8-24)26-9-10/h2-9H,1H3,(H,22,23). The van der Waals surface area contributed by atoms with Crippen LogP contribution in [0.1, 0.15) is 9.67 Å². The monoisotopic (exact) mass is 434 g/mol. The zero-order valence-corrected chi connectivity index (χ0v) is 17.1. The number of pyridine rings is 1. The fourth-order valence-electron chi connectivity index (χ4n) is 2.65. The molecular weight excluding hydrogens is 423 g/mol. The van der Waals surface area contributed by atoms with Crippen LogP contribution in [0.3, 0.4) is 0 Å². The lowest BCUT2D eigenvalue weighted by Crippen LogP contribution is -1.94. The van der Waals surface area contributed by atoms with Gasteiger partial charge >= 0.3 is 0 Å².